The van der Waals surface area contributed by atoms with Crippen LogP contribution in [0.3, 0.4) is 0 Å². The number of nitro benzene ring substituents is 1. The van der Waals surface area contributed by atoms with E-state index in [0.29, 0.717) is 30.8 Å². The van der Waals surface area contributed by atoms with Crippen LogP contribution in [0.25, 0.3) is 11.3 Å². The van der Waals surface area contributed by atoms with E-state index in [1.54, 1.807) is 11.4 Å². The summed E-state index contributed by atoms with van der Waals surface area (Å²) in [5.41, 5.74) is 1.28. The molecule has 0 radical (unpaired) electrons. The number of rotatable bonds is 6. The Kier molecular flexibility index (Phi) is 5.72. The molecule has 0 unspecified atom stereocenters. The van der Waals surface area contributed by atoms with Gasteiger partial charge in [-0.3, -0.25) is 20.2 Å². The molecular weight excluding hydrogens is 421 g/mol. The molecule has 11 heteroatoms. The number of anilines is 1. The quantitative estimate of drug-likeness (QED) is 0.434. The summed E-state index contributed by atoms with van der Waals surface area (Å²) in [7, 11) is 0. The van der Waals surface area contributed by atoms with E-state index >= 15 is 0 Å². The molecular formula is C15H9Cl2N3O4S2. The molecule has 0 saturated carbocycles. The molecule has 1 N–H and O–H groups in total. The van der Waals surface area contributed by atoms with Gasteiger partial charge in [0.25, 0.3) is 11.6 Å². The maximum Gasteiger partial charge on any atom is 0.269 e. The maximum atomic E-state index is 12.0. The van der Waals surface area contributed by atoms with Crippen LogP contribution in [0.2, 0.25) is 8.67 Å². The first-order valence-electron chi connectivity index (χ1n) is 7.00. The lowest BCUT2D eigenvalue weighted by Gasteiger charge is -2.05. The average molecular weight is 430 g/mol. The van der Waals surface area contributed by atoms with Gasteiger partial charge in [-0.2, -0.15) is 0 Å². The number of nitrogens with one attached hydrogen (secondary N) is 1. The van der Waals surface area contributed by atoms with Gasteiger partial charge in [0.2, 0.25) is 0 Å². The molecule has 0 fully saturated rings. The molecule has 1 amide bonds. The van der Waals surface area contributed by atoms with Crippen molar-refractivity contribution in [3.8, 4) is 17.0 Å². The number of hydrogen-bond donors (Lipinski definition) is 1. The number of halogens is 2. The Bertz CT molecular complexity index is 956. The normalized spacial score (nSPS) is 10.5. The van der Waals surface area contributed by atoms with Crippen molar-refractivity contribution in [3.05, 3.63) is 54.5 Å². The number of benzene rings is 1. The van der Waals surface area contributed by atoms with Crippen LogP contribution >= 0.6 is 45.9 Å². The van der Waals surface area contributed by atoms with Crippen molar-refractivity contribution in [2.45, 2.75) is 0 Å². The fourth-order valence-electron chi connectivity index (χ4n) is 1.94. The highest BCUT2D eigenvalue weighted by atomic mass is 35.5. The van der Waals surface area contributed by atoms with Gasteiger partial charge in [-0.1, -0.05) is 23.2 Å². The standard InChI is InChI=1S/C15H9Cl2N3O4S2/c16-12-5-10(14(17)26-12)11-7-25-15(18-11)19-13(21)6-24-9-3-1-8(2-4-9)20(22)23/h1-5,7H,6H2,(H,18,19,21). The Morgan fingerprint density at radius 1 is 1.31 bits per heavy atom. The smallest absolute Gasteiger partial charge is 0.269 e. The molecule has 2 aromatic heterocycles. The topological polar surface area (TPSA) is 94.4 Å². The summed E-state index contributed by atoms with van der Waals surface area (Å²) >= 11 is 14.5. The second kappa shape index (κ2) is 8.00. The van der Waals surface area contributed by atoms with Gasteiger partial charge in [-0.25, -0.2) is 4.98 Å². The monoisotopic (exact) mass is 429 g/mol. The van der Waals surface area contributed by atoms with Crippen LogP contribution < -0.4 is 10.1 Å². The predicted molar refractivity (Wildman–Crippen MR) is 103 cm³/mol. The average Bonchev–Trinajstić information content (AvgIpc) is 3.19. The molecule has 0 spiro atoms. The molecule has 0 bridgehead atoms. The summed E-state index contributed by atoms with van der Waals surface area (Å²) in [6.45, 7) is -0.252. The van der Waals surface area contributed by atoms with Crippen LogP contribution in [0.5, 0.6) is 5.75 Å². The molecule has 0 aliphatic carbocycles. The van der Waals surface area contributed by atoms with Crippen molar-refractivity contribution in [1.82, 2.24) is 4.98 Å². The second-order valence-corrected chi connectivity index (χ2v) is 8.01. The van der Waals surface area contributed by atoms with Gasteiger partial charge < -0.3 is 4.74 Å². The molecule has 0 aliphatic heterocycles. The molecule has 0 aliphatic rings. The van der Waals surface area contributed by atoms with Crippen molar-refractivity contribution in [2.75, 3.05) is 11.9 Å². The van der Waals surface area contributed by atoms with E-state index < -0.39 is 10.8 Å². The van der Waals surface area contributed by atoms with E-state index in [0.717, 1.165) is 0 Å². The fourth-order valence-corrected chi connectivity index (χ4v) is 4.15. The Balaban J connectivity index is 1.57. The summed E-state index contributed by atoms with van der Waals surface area (Å²) in [6.07, 6.45) is 0. The van der Waals surface area contributed by atoms with Gasteiger partial charge in [-0.15, -0.1) is 22.7 Å². The number of non-ortho nitro benzene ring substituents is 1. The second-order valence-electron chi connectivity index (χ2n) is 4.86. The zero-order chi connectivity index (χ0) is 18.7. The zero-order valence-electron chi connectivity index (χ0n) is 12.8. The van der Waals surface area contributed by atoms with Crippen molar-refractivity contribution >= 4 is 62.6 Å². The molecule has 2 heterocycles. The number of thiazole rings is 1. The first kappa shape index (κ1) is 18.6. The Morgan fingerprint density at radius 3 is 2.65 bits per heavy atom. The van der Waals surface area contributed by atoms with Gasteiger partial charge in [0.1, 0.15) is 10.1 Å². The minimum absolute atomic E-state index is 0.0516. The van der Waals surface area contributed by atoms with Crippen LogP contribution in [0.1, 0.15) is 0 Å². The summed E-state index contributed by atoms with van der Waals surface area (Å²) in [4.78, 5) is 26.3. The largest absolute Gasteiger partial charge is 0.484 e. The lowest BCUT2D eigenvalue weighted by Crippen LogP contribution is -2.20. The first-order chi connectivity index (χ1) is 12.4. The van der Waals surface area contributed by atoms with Gasteiger partial charge >= 0.3 is 0 Å². The van der Waals surface area contributed by atoms with Crippen molar-refractivity contribution in [2.24, 2.45) is 0 Å². The van der Waals surface area contributed by atoms with E-state index in [1.807, 2.05) is 0 Å². The Labute approximate surface area is 165 Å². The number of nitrogens with zero attached hydrogens (tertiary/aromatic N) is 2. The Hall–Kier alpha value is -2.20. The molecule has 134 valence electrons. The summed E-state index contributed by atoms with van der Waals surface area (Å²) < 4.78 is 6.38. The van der Waals surface area contributed by atoms with E-state index in [9.17, 15) is 14.9 Å². The number of ether oxygens (including phenoxy) is 1. The molecule has 3 rings (SSSR count). The third-order valence-corrected chi connectivity index (χ3v) is 5.35. The molecule has 0 atom stereocenters. The van der Waals surface area contributed by atoms with Crippen molar-refractivity contribution in [1.29, 1.82) is 0 Å². The zero-order valence-corrected chi connectivity index (χ0v) is 15.9. The number of carbonyl (C=O) groups excluding carboxylic acids is 1. The van der Waals surface area contributed by atoms with Crippen LogP contribution in [0, 0.1) is 10.1 Å². The third-order valence-electron chi connectivity index (χ3n) is 3.10. The van der Waals surface area contributed by atoms with Gasteiger partial charge in [0.05, 0.1) is 15.0 Å². The van der Waals surface area contributed by atoms with Gasteiger partial charge in [-0.05, 0) is 18.2 Å². The summed E-state index contributed by atoms with van der Waals surface area (Å²) in [6, 6.07) is 7.17. The fraction of sp³-hybridized carbons (Fsp3) is 0.0667. The minimum atomic E-state index is -0.510. The number of hydrogen-bond acceptors (Lipinski definition) is 7. The van der Waals surface area contributed by atoms with E-state index in [1.165, 1.54) is 46.9 Å². The molecule has 0 saturated heterocycles. The minimum Gasteiger partial charge on any atom is -0.484 e. The lowest BCUT2D eigenvalue weighted by molar-refractivity contribution is -0.384. The summed E-state index contributed by atoms with van der Waals surface area (Å²) in [5, 5.41) is 15.4. The number of nitro groups is 1. The highest BCUT2D eigenvalue weighted by molar-refractivity contribution is 7.20. The maximum absolute atomic E-state index is 12.0. The molecule has 7 nitrogen and oxygen atoms in total. The van der Waals surface area contributed by atoms with Crippen LogP contribution in [0.15, 0.2) is 35.7 Å². The van der Waals surface area contributed by atoms with Gasteiger partial charge in [0, 0.05) is 23.1 Å². The van der Waals surface area contributed by atoms with Crippen molar-refractivity contribution < 1.29 is 14.5 Å². The van der Waals surface area contributed by atoms with Crippen molar-refractivity contribution in [3.63, 3.8) is 0 Å². The lowest BCUT2D eigenvalue weighted by atomic mass is 10.3. The Morgan fingerprint density at radius 2 is 2.04 bits per heavy atom. The SMILES string of the molecule is O=C(COc1ccc([N+](=O)[O-])cc1)Nc1nc(-c2cc(Cl)sc2Cl)cs1. The van der Waals surface area contributed by atoms with Crippen LogP contribution in [-0.2, 0) is 4.79 Å². The molecule has 26 heavy (non-hydrogen) atoms. The number of thiophene rings is 1. The summed E-state index contributed by atoms with van der Waals surface area (Å²) in [5.74, 6) is -0.0519. The highest BCUT2D eigenvalue weighted by Crippen LogP contribution is 2.38. The third kappa shape index (κ3) is 4.50. The molecule has 3 aromatic rings. The predicted octanol–water partition coefficient (Wildman–Crippen LogP) is 5.10. The number of aromatic nitrogens is 1. The number of carbonyl (C=O) groups is 1. The number of amides is 1. The first-order valence-corrected chi connectivity index (χ1v) is 9.45. The van der Waals surface area contributed by atoms with Gasteiger partial charge in [0.15, 0.2) is 11.7 Å². The molecule has 1 aromatic carbocycles. The van der Waals surface area contributed by atoms with E-state index in [2.05, 4.69) is 10.3 Å². The van der Waals surface area contributed by atoms with E-state index in [-0.39, 0.29) is 12.3 Å². The van der Waals surface area contributed by atoms with Crippen LogP contribution in [-0.4, -0.2) is 22.4 Å². The highest BCUT2D eigenvalue weighted by Gasteiger charge is 2.13. The van der Waals surface area contributed by atoms with Crippen LogP contribution in [0.4, 0.5) is 10.8 Å². The van der Waals surface area contributed by atoms with E-state index in [4.69, 9.17) is 27.9 Å².